The van der Waals surface area contributed by atoms with E-state index in [0.29, 0.717) is 32.1 Å². The van der Waals surface area contributed by atoms with E-state index in [-0.39, 0.29) is 25.7 Å². The Morgan fingerprint density at radius 3 is 0.830 bits per heavy atom. The predicted octanol–water partition coefficient (Wildman–Crippen LogP) is 24.2. The van der Waals surface area contributed by atoms with Crippen molar-refractivity contribution in [3.05, 3.63) is 146 Å². The quantitative estimate of drug-likeness (QED) is 0.0169. The molecule has 3 N–H and O–H groups in total. The number of esters is 4. The molecule has 5 unspecified atom stereocenters. The highest BCUT2D eigenvalue weighted by Crippen LogP contribution is 2.45. The van der Waals surface area contributed by atoms with Crippen molar-refractivity contribution in [3.8, 4) is 0 Å². The number of carbonyl (C=O) groups is 4. The third-order valence-electron chi connectivity index (χ3n) is 16.8. The number of hydrogen-bond acceptors (Lipinski definition) is 15. The van der Waals surface area contributed by atoms with Crippen LogP contribution in [0.2, 0.25) is 0 Å². The number of allylic oxidation sites excluding steroid dienone is 24. The minimum Gasteiger partial charge on any atom is -0.462 e. The summed E-state index contributed by atoms with van der Waals surface area (Å²) in [5.41, 5.74) is 0. The van der Waals surface area contributed by atoms with E-state index in [9.17, 15) is 43.2 Å². The Hall–Kier alpha value is -5.06. The molecule has 0 fully saturated rings. The topological polar surface area (TPSA) is 237 Å². The number of aliphatic hydroxyl groups is 1. The van der Waals surface area contributed by atoms with Gasteiger partial charge in [0, 0.05) is 25.7 Å². The van der Waals surface area contributed by atoms with Gasteiger partial charge in [0.1, 0.15) is 19.3 Å². The minimum atomic E-state index is -5.00. The van der Waals surface area contributed by atoms with E-state index in [4.69, 9.17) is 37.0 Å². The first-order chi connectivity index (χ1) is 51.7. The van der Waals surface area contributed by atoms with Crippen LogP contribution in [0.25, 0.3) is 0 Å². The Kier molecular flexibility index (Phi) is 74.3. The highest BCUT2D eigenvalue weighted by Gasteiger charge is 2.30. The van der Waals surface area contributed by atoms with Gasteiger partial charge in [-0.3, -0.25) is 37.3 Å². The molecule has 0 bridgehead atoms. The SMILES string of the molecule is CC/C=C\C/C=C\C/C=C\C/C=C\C/C=C\C/C=C\CCC(=O)OCC(COP(=O)(O)OCC(O)COP(=O)(O)OCC(COC(=O)CCCCCCC/C=C\C/C=C\CCCCC)OC(=O)CCCCCCCCCCCCCCC)OC(=O)CCCCCCCC/C=C\C/C=C\C/C=C\C/C=C\CC. The zero-order chi connectivity index (χ0) is 77.4. The summed E-state index contributed by atoms with van der Waals surface area (Å²) in [6.45, 7) is 4.53. The number of unbranched alkanes of at least 4 members (excludes halogenated alkanes) is 26. The summed E-state index contributed by atoms with van der Waals surface area (Å²) in [6, 6.07) is 0. The van der Waals surface area contributed by atoms with Crippen molar-refractivity contribution in [2.75, 3.05) is 39.6 Å². The number of phosphoric ester groups is 2. The lowest BCUT2D eigenvalue weighted by Crippen LogP contribution is -2.30. The molecule has 0 amide bonds. The van der Waals surface area contributed by atoms with Crippen LogP contribution in [0, 0.1) is 0 Å². The van der Waals surface area contributed by atoms with Crippen LogP contribution in [-0.2, 0) is 65.4 Å². The molecule has 0 rings (SSSR count). The lowest BCUT2D eigenvalue weighted by atomic mass is 10.0. The zero-order valence-corrected chi connectivity index (χ0v) is 68.1. The van der Waals surface area contributed by atoms with Gasteiger partial charge in [-0.25, -0.2) is 9.13 Å². The van der Waals surface area contributed by atoms with Crippen LogP contribution in [0.1, 0.15) is 323 Å². The van der Waals surface area contributed by atoms with E-state index in [2.05, 4.69) is 155 Å². The van der Waals surface area contributed by atoms with Crippen molar-refractivity contribution < 1.29 is 80.2 Å². The van der Waals surface area contributed by atoms with E-state index in [1.807, 2.05) is 18.2 Å². The lowest BCUT2D eigenvalue weighted by Gasteiger charge is -2.21. The van der Waals surface area contributed by atoms with Gasteiger partial charge in [-0.15, -0.1) is 0 Å². The van der Waals surface area contributed by atoms with Crippen LogP contribution < -0.4 is 0 Å². The molecule has 17 nitrogen and oxygen atoms in total. The summed E-state index contributed by atoms with van der Waals surface area (Å²) in [7, 11) is -9.99. The molecule has 106 heavy (non-hydrogen) atoms. The molecular weight excluding hydrogens is 1380 g/mol. The molecule has 0 saturated carbocycles. The second-order valence-electron chi connectivity index (χ2n) is 27.0. The van der Waals surface area contributed by atoms with E-state index in [1.54, 1.807) is 0 Å². The second-order valence-corrected chi connectivity index (χ2v) is 29.9. The lowest BCUT2D eigenvalue weighted by molar-refractivity contribution is -0.161. The number of phosphoric acid groups is 2. The number of ether oxygens (including phenoxy) is 4. The zero-order valence-electron chi connectivity index (χ0n) is 66.3. The average Bonchev–Trinajstić information content (AvgIpc) is 0.903. The third kappa shape index (κ3) is 77.1. The van der Waals surface area contributed by atoms with Gasteiger partial charge in [0.05, 0.1) is 26.4 Å². The molecule has 0 aromatic heterocycles. The number of rotatable bonds is 76. The summed E-state index contributed by atoms with van der Waals surface area (Å²) in [4.78, 5) is 73.1. The summed E-state index contributed by atoms with van der Waals surface area (Å²) in [6.07, 6.45) is 89.7. The summed E-state index contributed by atoms with van der Waals surface area (Å²) < 4.78 is 68.6. The number of hydrogen-bond donors (Lipinski definition) is 3. The van der Waals surface area contributed by atoms with Crippen LogP contribution in [-0.4, -0.2) is 96.7 Å². The molecule has 0 aliphatic rings. The highest BCUT2D eigenvalue weighted by atomic mass is 31.2. The standard InChI is InChI=1S/C87H146O17P2/c1-5-9-13-17-21-25-29-33-36-38-40-42-45-49-52-56-60-64-68-72-85(90)98-78-83(104-87(92)74-70-66-62-58-54-50-46-43-41-39-37-34-30-26-22-18-14-10-6-2)80-102-106(95,96)100-76-81(88)75-99-105(93,94)101-79-82(103-86(91)73-69-65-61-57-53-47-32-28-24-20-16-12-8-4)77-97-84(89)71-67-63-59-55-51-48-44-35-31-27-23-19-15-11-7-3/h9-10,13-14,21-23,25-27,33-37,40-44,49,52,60,64,81-83,88H,5-8,11-12,15-20,24,28-32,38-39,45-48,50-51,53-59,61-63,65-80H2,1-4H3,(H,93,94)(H,95,96)/b13-9-,14-10-,25-21-,26-22-,27-23-,36-33-,37-34-,42-40-,43-41-,44-35-,52-49-,64-60-. The van der Waals surface area contributed by atoms with Crippen molar-refractivity contribution in [3.63, 3.8) is 0 Å². The van der Waals surface area contributed by atoms with Gasteiger partial charge in [0.25, 0.3) is 0 Å². The van der Waals surface area contributed by atoms with Crippen LogP contribution in [0.5, 0.6) is 0 Å². The van der Waals surface area contributed by atoms with Gasteiger partial charge in [-0.1, -0.05) is 308 Å². The van der Waals surface area contributed by atoms with Crippen molar-refractivity contribution in [1.82, 2.24) is 0 Å². The van der Waals surface area contributed by atoms with Gasteiger partial charge in [-0.2, -0.15) is 0 Å². The molecule has 0 spiro atoms. The van der Waals surface area contributed by atoms with Crippen LogP contribution >= 0.6 is 15.6 Å². The molecule has 0 aromatic rings. The monoisotopic (exact) mass is 1530 g/mol. The maximum absolute atomic E-state index is 13.1. The van der Waals surface area contributed by atoms with Gasteiger partial charge in [0.2, 0.25) is 0 Å². The van der Waals surface area contributed by atoms with Crippen molar-refractivity contribution >= 4 is 39.5 Å². The third-order valence-corrected chi connectivity index (χ3v) is 18.7. The molecule has 0 saturated heterocycles. The Labute approximate surface area is 643 Å². The Morgan fingerprint density at radius 1 is 0.274 bits per heavy atom. The largest absolute Gasteiger partial charge is 0.472 e. The fraction of sp³-hybridized carbons (Fsp3) is 0.678. The Morgan fingerprint density at radius 2 is 0.509 bits per heavy atom. The normalized spacial score (nSPS) is 14.6. The van der Waals surface area contributed by atoms with Crippen molar-refractivity contribution in [2.24, 2.45) is 0 Å². The Balaban J connectivity index is 5.45. The van der Waals surface area contributed by atoms with Gasteiger partial charge in [0.15, 0.2) is 12.2 Å². The van der Waals surface area contributed by atoms with Crippen LogP contribution in [0.3, 0.4) is 0 Å². The predicted molar refractivity (Wildman–Crippen MR) is 436 cm³/mol. The first kappa shape index (κ1) is 101. The molecule has 19 heteroatoms. The maximum Gasteiger partial charge on any atom is 0.472 e. The van der Waals surface area contributed by atoms with Crippen LogP contribution in [0.15, 0.2) is 146 Å². The summed E-state index contributed by atoms with van der Waals surface area (Å²) in [5.74, 6) is -2.30. The highest BCUT2D eigenvalue weighted by molar-refractivity contribution is 7.47. The summed E-state index contributed by atoms with van der Waals surface area (Å²) in [5, 5.41) is 10.7. The van der Waals surface area contributed by atoms with E-state index >= 15 is 0 Å². The molecule has 0 heterocycles. The van der Waals surface area contributed by atoms with Crippen molar-refractivity contribution in [1.29, 1.82) is 0 Å². The summed E-state index contributed by atoms with van der Waals surface area (Å²) >= 11 is 0. The number of carbonyl (C=O) groups excluding carboxylic acids is 4. The fourth-order valence-electron chi connectivity index (χ4n) is 10.6. The average molecular weight is 1530 g/mol. The van der Waals surface area contributed by atoms with Gasteiger partial charge in [-0.05, 0) is 135 Å². The molecule has 5 atom stereocenters. The number of aliphatic hydroxyl groups excluding tert-OH is 1. The molecule has 0 aliphatic carbocycles. The molecular formula is C87H146O17P2. The second kappa shape index (κ2) is 78.1. The smallest absolute Gasteiger partial charge is 0.462 e. The first-order valence-corrected chi connectivity index (χ1v) is 44.1. The molecule has 0 radical (unpaired) electrons. The van der Waals surface area contributed by atoms with Gasteiger partial charge >= 0.3 is 39.5 Å². The Bertz CT molecular complexity index is 2580. The fourth-order valence-corrected chi connectivity index (χ4v) is 12.2. The van der Waals surface area contributed by atoms with E-state index in [1.165, 1.54) is 70.6 Å². The minimum absolute atomic E-state index is 0.0287. The molecule has 606 valence electrons. The van der Waals surface area contributed by atoms with Gasteiger partial charge < -0.3 is 33.8 Å². The van der Waals surface area contributed by atoms with Crippen LogP contribution in [0.4, 0.5) is 0 Å². The molecule has 0 aromatic carbocycles. The first-order valence-electron chi connectivity index (χ1n) is 41.1. The van der Waals surface area contributed by atoms with E-state index < -0.39 is 97.5 Å². The molecule has 0 aliphatic heterocycles. The maximum atomic E-state index is 13.1. The van der Waals surface area contributed by atoms with E-state index in [0.717, 1.165) is 167 Å². The van der Waals surface area contributed by atoms with Crippen molar-refractivity contribution in [2.45, 2.75) is 341 Å².